The molecule has 1 aromatic rings. The zero-order valence-corrected chi connectivity index (χ0v) is 9.70. The van der Waals surface area contributed by atoms with E-state index in [1.807, 2.05) is 31.5 Å². The maximum absolute atomic E-state index is 14.3. The molecule has 0 aliphatic carbocycles. The highest BCUT2D eigenvalue weighted by Crippen LogP contribution is 2.25. The molecule has 0 saturated carbocycles. The van der Waals surface area contributed by atoms with Crippen molar-refractivity contribution in [3.63, 3.8) is 0 Å². The second kappa shape index (κ2) is 4.75. The van der Waals surface area contributed by atoms with E-state index in [-0.39, 0.29) is 12.5 Å². The van der Waals surface area contributed by atoms with Gasteiger partial charge in [0.15, 0.2) is 0 Å². The van der Waals surface area contributed by atoms with Crippen LogP contribution in [-0.4, -0.2) is 21.8 Å². The molecule has 0 fully saturated rings. The van der Waals surface area contributed by atoms with Crippen LogP contribution >= 0.6 is 0 Å². The molecule has 4 heteroatoms. The van der Waals surface area contributed by atoms with Crippen LogP contribution in [0, 0.1) is 5.92 Å². The van der Waals surface area contributed by atoms with Gasteiger partial charge in [0.2, 0.25) is 0 Å². The molecule has 1 unspecified atom stereocenters. The average molecular weight is 213 g/mol. The molecular weight excluding hydrogens is 193 g/mol. The number of nitrogens with two attached hydrogens (primary N) is 1. The molecule has 0 bridgehead atoms. The number of hydrogen-bond acceptors (Lipinski definition) is 2. The predicted molar refractivity (Wildman–Crippen MR) is 59.3 cm³/mol. The van der Waals surface area contributed by atoms with Crippen molar-refractivity contribution in [2.75, 3.05) is 6.54 Å². The molecule has 3 nitrogen and oxygen atoms in total. The molecule has 86 valence electrons. The third kappa shape index (κ3) is 2.56. The van der Waals surface area contributed by atoms with E-state index in [2.05, 4.69) is 4.98 Å². The quantitative estimate of drug-likeness (QED) is 0.810. The monoisotopic (exact) mass is 213 g/mol. The first-order valence-corrected chi connectivity index (χ1v) is 5.42. The Kier molecular flexibility index (Phi) is 3.85. The van der Waals surface area contributed by atoms with Gasteiger partial charge in [0.05, 0.1) is 0 Å². The molecule has 1 aromatic heterocycles. The van der Waals surface area contributed by atoms with Gasteiger partial charge in [-0.25, -0.2) is 9.37 Å². The van der Waals surface area contributed by atoms with Gasteiger partial charge >= 0.3 is 0 Å². The first kappa shape index (κ1) is 12.2. The van der Waals surface area contributed by atoms with Gasteiger partial charge in [-0.05, 0) is 12.8 Å². The number of aryl methyl sites for hydroxylation is 1. The van der Waals surface area contributed by atoms with Crippen LogP contribution < -0.4 is 5.73 Å². The van der Waals surface area contributed by atoms with Crippen LogP contribution in [0.4, 0.5) is 4.39 Å². The number of hydrogen-bond donors (Lipinski definition) is 1. The van der Waals surface area contributed by atoms with Crippen LogP contribution in [0.1, 0.15) is 26.6 Å². The minimum Gasteiger partial charge on any atom is -0.335 e. The van der Waals surface area contributed by atoms with Gasteiger partial charge in [-0.15, -0.1) is 0 Å². The van der Waals surface area contributed by atoms with Gasteiger partial charge < -0.3 is 10.3 Å². The van der Waals surface area contributed by atoms with E-state index >= 15 is 0 Å². The Labute approximate surface area is 90.5 Å². The molecule has 0 spiro atoms. The van der Waals surface area contributed by atoms with Gasteiger partial charge in [0.1, 0.15) is 11.5 Å². The zero-order valence-electron chi connectivity index (χ0n) is 9.70. The van der Waals surface area contributed by atoms with Crippen molar-refractivity contribution in [2.24, 2.45) is 11.7 Å². The highest BCUT2D eigenvalue weighted by molar-refractivity contribution is 5.00. The summed E-state index contributed by atoms with van der Waals surface area (Å²) in [6.45, 7) is 6.58. The SMILES string of the molecule is CCn1ccnc1CC(F)(CN)C(C)C. The summed E-state index contributed by atoms with van der Waals surface area (Å²) in [5.41, 5.74) is 4.16. The summed E-state index contributed by atoms with van der Waals surface area (Å²) in [6, 6.07) is 0. The van der Waals surface area contributed by atoms with E-state index in [0.717, 1.165) is 12.4 Å². The number of aromatic nitrogens is 2. The average Bonchev–Trinajstić information content (AvgIpc) is 2.64. The van der Waals surface area contributed by atoms with Crippen LogP contribution in [0.5, 0.6) is 0 Å². The van der Waals surface area contributed by atoms with Crippen molar-refractivity contribution in [1.29, 1.82) is 0 Å². The lowest BCUT2D eigenvalue weighted by Crippen LogP contribution is -2.41. The van der Waals surface area contributed by atoms with E-state index in [4.69, 9.17) is 5.73 Å². The van der Waals surface area contributed by atoms with E-state index < -0.39 is 5.67 Å². The van der Waals surface area contributed by atoms with Crippen molar-refractivity contribution >= 4 is 0 Å². The molecule has 0 radical (unpaired) electrons. The summed E-state index contributed by atoms with van der Waals surface area (Å²) in [5, 5.41) is 0. The predicted octanol–water partition coefficient (Wildman–Crippen LogP) is 1.77. The molecule has 1 rings (SSSR count). The van der Waals surface area contributed by atoms with Crippen molar-refractivity contribution in [3.05, 3.63) is 18.2 Å². The first-order chi connectivity index (χ1) is 7.03. The van der Waals surface area contributed by atoms with Crippen molar-refractivity contribution < 1.29 is 4.39 Å². The fourth-order valence-electron chi connectivity index (χ4n) is 1.57. The molecule has 2 N–H and O–H groups in total. The number of nitrogens with zero attached hydrogens (tertiary/aromatic N) is 2. The number of rotatable bonds is 5. The Morgan fingerprint density at radius 1 is 1.60 bits per heavy atom. The fraction of sp³-hybridized carbons (Fsp3) is 0.727. The molecule has 0 saturated heterocycles. The van der Waals surface area contributed by atoms with Gasteiger partial charge in [-0.3, -0.25) is 0 Å². The Morgan fingerprint density at radius 3 is 2.73 bits per heavy atom. The molecule has 1 heterocycles. The molecule has 0 amide bonds. The summed E-state index contributed by atoms with van der Waals surface area (Å²) in [4.78, 5) is 4.17. The van der Waals surface area contributed by atoms with E-state index in [1.54, 1.807) is 6.20 Å². The number of alkyl halides is 1. The van der Waals surface area contributed by atoms with E-state index in [1.165, 1.54) is 0 Å². The molecule has 1 atom stereocenters. The topological polar surface area (TPSA) is 43.8 Å². The second-order valence-corrected chi connectivity index (χ2v) is 4.20. The van der Waals surface area contributed by atoms with Gasteiger partial charge in [0, 0.05) is 31.9 Å². The number of halogens is 1. The Morgan fingerprint density at radius 2 is 2.27 bits per heavy atom. The largest absolute Gasteiger partial charge is 0.335 e. The first-order valence-electron chi connectivity index (χ1n) is 5.42. The Balaban J connectivity index is 2.83. The minimum atomic E-state index is -1.35. The van der Waals surface area contributed by atoms with Crippen LogP contribution in [0.15, 0.2) is 12.4 Å². The lowest BCUT2D eigenvalue weighted by atomic mass is 9.89. The Hall–Kier alpha value is -0.900. The third-order valence-corrected chi connectivity index (χ3v) is 2.97. The summed E-state index contributed by atoms with van der Waals surface area (Å²) >= 11 is 0. The molecule has 0 aromatic carbocycles. The van der Waals surface area contributed by atoms with Crippen LogP contribution in [0.2, 0.25) is 0 Å². The number of imidazole rings is 1. The zero-order chi connectivity index (χ0) is 11.5. The maximum atomic E-state index is 14.3. The lowest BCUT2D eigenvalue weighted by molar-refractivity contribution is 0.107. The summed E-state index contributed by atoms with van der Waals surface area (Å²) < 4.78 is 16.3. The fourth-order valence-corrected chi connectivity index (χ4v) is 1.57. The van der Waals surface area contributed by atoms with Crippen molar-refractivity contribution in [2.45, 2.75) is 39.4 Å². The van der Waals surface area contributed by atoms with E-state index in [0.29, 0.717) is 6.42 Å². The second-order valence-electron chi connectivity index (χ2n) is 4.20. The molecule has 0 aliphatic rings. The van der Waals surface area contributed by atoms with Crippen LogP contribution in [0.3, 0.4) is 0 Å². The third-order valence-electron chi connectivity index (χ3n) is 2.97. The highest BCUT2D eigenvalue weighted by atomic mass is 19.1. The minimum absolute atomic E-state index is 0.0429. The summed E-state index contributed by atoms with van der Waals surface area (Å²) in [5.74, 6) is 0.684. The van der Waals surface area contributed by atoms with Crippen molar-refractivity contribution in [1.82, 2.24) is 9.55 Å². The molecule has 0 aliphatic heterocycles. The maximum Gasteiger partial charge on any atom is 0.132 e. The molecule has 15 heavy (non-hydrogen) atoms. The summed E-state index contributed by atoms with van der Waals surface area (Å²) in [7, 11) is 0. The van der Waals surface area contributed by atoms with Crippen molar-refractivity contribution in [3.8, 4) is 0 Å². The van der Waals surface area contributed by atoms with Crippen LogP contribution in [-0.2, 0) is 13.0 Å². The molecular formula is C11H20FN3. The highest BCUT2D eigenvalue weighted by Gasteiger charge is 2.33. The smallest absolute Gasteiger partial charge is 0.132 e. The van der Waals surface area contributed by atoms with Gasteiger partial charge in [0.25, 0.3) is 0 Å². The summed E-state index contributed by atoms with van der Waals surface area (Å²) in [6.07, 6.45) is 3.87. The Bertz CT molecular complexity index is 309. The standard InChI is InChI=1S/C11H20FN3/c1-4-15-6-5-14-10(15)7-11(12,8-13)9(2)3/h5-6,9H,4,7-8,13H2,1-3H3. The lowest BCUT2D eigenvalue weighted by Gasteiger charge is -2.27. The van der Waals surface area contributed by atoms with Gasteiger partial charge in [-0.1, -0.05) is 13.8 Å². The normalized spacial score (nSPS) is 15.6. The van der Waals surface area contributed by atoms with Crippen LogP contribution in [0.25, 0.3) is 0 Å². The van der Waals surface area contributed by atoms with E-state index in [9.17, 15) is 4.39 Å². The van der Waals surface area contributed by atoms with Gasteiger partial charge in [-0.2, -0.15) is 0 Å².